The minimum Gasteiger partial charge on any atom is -0.352 e. The van der Waals surface area contributed by atoms with Gasteiger partial charge in [-0.25, -0.2) is 12.7 Å². The Hall–Kier alpha value is -2.71. The number of nitrogens with zero attached hydrogens (tertiary/aromatic N) is 1. The van der Waals surface area contributed by atoms with E-state index in [1.165, 1.54) is 26.2 Å². The fourth-order valence-electron chi connectivity index (χ4n) is 2.35. The van der Waals surface area contributed by atoms with Gasteiger partial charge in [-0.3, -0.25) is 9.59 Å². The molecule has 0 spiro atoms. The van der Waals surface area contributed by atoms with Crippen molar-refractivity contribution in [2.24, 2.45) is 0 Å². The fraction of sp³-hybridized carbons (Fsp3) is 0.263. The first-order chi connectivity index (χ1) is 12.7. The van der Waals surface area contributed by atoms with Gasteiger partial charge in [0.1, 0.15) is 0 Å². The Kier molecular flexibility index (Phi) is 6.70. The molecule has 0 aromatic heterocycles. The van der Waals surface area contributed by atoms with Gasteiger partial charge in [0, 0.05) is 38.3 Å². The van der Waals surface area contributed by atoms with E-state index in [0.29, 0.717) is 11.3 Å². The number of sulfonamides is 1. The number of carbonyl (C=O) groups is 2. The lowest BCUT2D eigenvalue weighted by Gasteiger charge is -2.13. The Morgan fingerprint density at radius 3 is 2.41 bits per heavy atom. The number of hydrogen-bond donors (Lipinski definition) is 2. The Balaban J connectivity index is 1.90. The van der Waals surface area contributed by atoms with Gasteiger partial charge in [-0.2, -0.15) is 0 Å². The molecule has 0 aliphatic rings. The van der Waals surface area contributed by atoms with Gasteiger partial charge in [0.05, 0.1) is 4.90 Å². The van der Waals surface area contributed by atoms with E-state index in [2.05, 4.69) is 10.6 Å². The van der Waals surface area contributed by atoms with Crippen molar-refractivity contribution in [1.82, 2.24) is 9.62 Å². The smallest absolute Gasteiger partial charge is 0.251 e. The second kappa shape index (κ2) is 8.79. The van der Waals surface area contributed by atoms with Crippen molar-refractivity contribution in [2.75, 3.05) is 26.0 Å². The van der Waals surface area contributed by atoms with Crippen LogP contribution >= 0.6 is 0 Å². The van der Waals surface area contributed by atoms with Crippen LogP contribution in [0.1, 0.15) is 22.3 Å². The molecule has 2 rings (SSSR count). The highest BCUT2D eigenvalue weighted by Crippen LogP contribution is 2.18. The van der Waals surface area contributed by atoms with Gasteiger partial charge in [-0.05, 0) is 37.3 Å². The normalized spacial score (nSPS) is 11.3. The third kappa shape index (κ3) is 5.63. The highest BCUT2D eigenvalue weighted by Gasteiger charge is 2.17. The molecule has 0 aliphatic heterocycles. The fourth-order valence-corrected chi connectivity index (χ4v) is 3.29. The van der Waals surface area contributed by atoms with Crippen LogP contribution in [0.25, 0.3) is 0 Å². The molecule has 0 radical (unpaired) electrons. The molecule has 0 atom stereocenters. The van der Waals surface area contributed by atoms with Crippen LogP contribution in [0.5, 0.6) is 0 Å². The first kappa shape index (κ1) is 20.6. The zero-order valence-electron chi connectivity index (χ0n) is 15.5. The minimum atomic E-state index is -3.57. The summed E-state index contributed by atoms with van der Waals surface area (Å²) in [5.74, 6) is -0.565. The van der Waals surface area contributed by atoms with E-state index in [-0.39, 0.29) is 29.7 Å². The zero-order chi connectivity index (χ0) is 20.0. The quantitative estimate of drug-likeness (QED) is 0.757. The summed E-state index contributed by atoms with van der Waals surface area (Å²) in [6.45, 7) is 2.07. The van der Waals surface area contributed by atoms with E-state index < -0.39 is 10.0 Å². The van der Waals surface area contributed by atoms with Gasteiger partial charge in [-0.1, -0.05) is 23.8 Å². The van der Waals surface area contributed by atoms with Gasteiger partial charge in [0.2, 0.25) is 15.9 Å². The number of hydrogen-bond acceptors (Lipinski definition) is 4. The van der Waals surface area contributed by atoms with Crippen LogP contribution in [-0.4, -0.2) is 45.2 Å². The Labute approximate surface area is 159 Å². The summed E-state index contributed by atoms with van der Waals surface area (Å²) in [7, 11) is -0.689. The third-order valence-corrected chi connectivity index (χ3v) is 5.63. The van der Waals surface area contributed by atoms with Crippen LogP contribution in [0.3, 0.4) is 0 Å². The highest BCUT2D eigenvalue weighted by atomic mass is 32.2. The van der Waals surface area contributed by atoms with Crippen LogP contribution in [0.2, 0.25) is 0 Å². The SMILES string of the molecule is Cc1cccc(C(=O)NCCC(=O)Nc2cccc(S(=O)(=O)N(C)C)c2)c1. The molecule has 2 aromatic carbocycles. The number of nitrogens with one attached hydrogen (secondary N) is 2. The predicted octanol–water partition coefficient (Wildman–Crippen LogP) is 2.00. The van der Waals surface area contributed by atoms with E-state index in [4.69, 9.17) is 0 Å². The molecular weight excluding hydrogens is 366 g/mol. The van der Waals surface area contributed by atoms with Crippen LogP contribution in [0.4, 0.5) is 5.69 Å². The average Bonchev–Trinajstić information content (AvgIpc) is 2.61. The van der Waals surface area contributed by atoms with Crippen LogP contribution in [0.15, 0.2) is 53.4 Å². The summed E-state index contributed by atoms with van der Waals surface area (Å²) >= 11 is 0. The molecule has 2 amide bonds. The van der Waals surface area contributed by atoms with E-state index in [1.54, 1.807) is 30.3 Å². The van der Waals surface area contributed by atoms with Crippen molar-refractivity contribution in [3.8, 4) is 0 Å². The summed E-state index contributed by atoms with van der Waals surface area (Å²) in [4.78, 5) is 24.2. The van der Waals surface area contributed by atoms with Crippen molar-refractivity contribution in [1.29, 1.82) is 0 Å². The second-order valence-electron chi connectivity index (χ2n) is 6.24. The molecule has 0 fully saturated rings. The Morgan fingerprint density at radius 2 is 1.74 bits per heavy atom. The summed E-state index contributed by atoms with van der Waals surface area (Å²) in [6, 6.07) is 13.2. The predicted molar refractivity (Wildman–Crippen MR) is 104 cm³/mol. The standard InChI is InChI=1S/C19H23N3O4S/c1-14-6-4-7-15(12-14)19(24)20-11-10-18(23)21-16-8-5-9-17(13-16)27(25,26)22(2)3/h4-9,12-13H,10-11H2,1-3H3,(H,20,24)(H,21,23). The molecule has 8 heteroatoms. The molecule has 0 unspecified atom stereocenters. The maximum Gasteiger partial charge on any atom is 0.251 e. The summed E-state index contributed by atoms with van der Waals surface area (Å²) in [6.07, 6.45) is 0.0716. The van der Waals surface area contributed by atoms with Crippen molar-refractivity contribution < 1.29 is 18.0 Å². The van der Waals surface area contributed by atoms with E-state index in [0.717, 1.165) is 9.87 Å². The third-order valence-electron chi connectivity index (χ3n) is 3.81. The number of carbonyl (C=O) groups excluding carboxylic acids is 2. The Morgan fingerprint density at radius 1 is 1.04 bits per heavy atom. The van der Waals surface area contributed by atoms with Crippen molar-refractivity contribution >= 4 is 27.5 Å². The summed E-state index contributed by atoms with van der Waals surface area (Å²) in [5.41, 5.74) is 1.90. The van der Waals surface area contributed by atoms with E-state index >= 15 is 0 Å². The molecule has 27 heavy (non-hydrogen) atoms. The average molecular weight is 389 g/mol. The molecule has 0 aliphatic carbocycles. The molecule has 0 saturated heterocycles. The van der Waals surface area contributed by atoms with Gasteiger partial charge >= 0.3 is 0 Å². The largest absolute Gasteiger partial charge is 0.352 e. The summed E-state index contributed by atoms with van der Waals surface area (Å²) in [5, 5.41) is 5.33. The molecule has 0 bridgehead atoms. The zero-order valence-corrected chi connectivity index (χ0v) is 16.3. The van der Waals surface area contributed by atoms with Crippen molar-refractivity contribution in [2.45, 2.75) is 18.2 Å². The number of anilines is 1. The van der Waals surface area contributed by atoms with E-state index in [1.807, 2.05) is 13.0 Å². The van der Waals surface area contributed by atoms with Gasteiger partial charge in [-0.15, -0.1) is 0 Å². The van der Waals surface area contributed by atoms with Crippen molar-refractivity contribution in [3.05, 3.63) is 59.7 Å². The Bertz CT molecular complexity index is 939. The number of rotatable bonds is 7. The molecule has 2 aromatic rings. The molecular formula is C19H23N3O4S. The first-order valence-corrected chi connectivity index (χ1v) is 9.81. The van der Waals surface area contributed by atoms with Gasteiger partial charge < -0.3 is 10.6 Å². The maximum atomic E-state index is 12.1. The number of benzene rings is 2. The van der Waals surface area contributed by atoms with Crippen LogP contribution < -0.4 is 10.6 Å². The monoisotopic (exact) mass is 389 g/mol. The minimum absolute atomic E-state index is 0.0716. The molecule has 2 N–H and O–H groups in total. The van der Waals surface area contributed by atoms with Crippen LogP contribution in [0, 0.1) is 6.92 Å². The van der Waals surface area contributed by atoms with Crippen molar-refractivity contribution in [3.63, 3.8) is 0 Å². The highest BCUT2D eigenvalue weighted by molar-refractivity contribution is 7.89. The first-order valence-electron chi connectivity index (χ1n) is 8.37. The lowest BCUT2D eigenvalue weighted by Crippen LogP contribution is -2.27. The molecule has 144 valence electrons. The molecule has 0 saturated carbocycles. The van der Waals surface area contributed by atoms with E-state index in [9.17, 15) is 18.0 Å². The van der Waals surface area contributed by atoms with Crippen LogP contribution in [-0.2, 0) is 14.8 Å². The molecule has 7 nitrogen and oxygen atoms in total. The maximum absolute atomic E-state index is 12.1. The van der Waals surface area contributed by atoms with Gasteiger partial charge in [0.25, 0.3) is 5.91 Å². The number of aryl methyl sites for hydroxylation is 1. The van der Waals surface area contributed by atoms with Gasteiger partial charge in [0.15, 0.2) is 0 Å². The summed E-state index contributed by atoms with van der Waals surface area (Å²) < 4.78 is 25.4. The topological polar surface area (TPSA) is 95.6 Å². The lowest BCUT2D eigenvalue weighted by atomic mass is 10.1. The number of amides is 2. The second-order valence-corrected chi connectivity index (χ2v) is 8.39. The lowest BCUT2D eigenvalue weighted by molar-refractivity contribution is -0.116. The molecule has 0 heterocycles.